The van der Waals surface area contributed by atoms with Crippen LogP contribution in [0.25, 0.3) is 0 Å². The molecule has 0 atom stereocenters. The number of sulfonamides is 1. The number of halogens is 1. The molecule has 1 fully saturated rings. The van der Waals surface area contributed by atoms with Crippen molar-refractivity contribution >= 4 is 21.6 Å². The maximum Gasteiger partial charge on any atom is 0.240 e. The zero-order valence-electron chi connectivity index (χ0n) is 13.6. The number of ether oxygens (including phenoxy) is 2. The van der Waals surface area contributed by atoms with Crippen molar-refractivity contribution in [2.24, 2.45) is 0 Å². The average Bonchev–Trinajstić information content (AvgIpc) is 2.54. The Morgan fingerprint density at radius 1 is 1.35 bits per heavy atom. The van der Waals surface area contributed by atoms with Crippen LogP contribution < -0.4 is 9.46 Å². The van der Waals surface area contributed by atoms with Crippen LogP contribution in [0.2, 0.25) is 5.02 Å². The molecule has 0 aliphatic carbocycles. The number of rotatable bonds is 6. The van der Waals surface area contributed by atoms with Crippen molar-refractivity contribution in [3.8, 4) is 5.75 Å². The molecule has 0 spiro atoms. The molecule has 1 aliphatic rings. The van der Waals surface area contributed by atoms with Gasteiger partial charge >= 0.3 is 0 Å². The third kappa shape index (κ3) is 4.58. The molecular formula is C15H23ClN2O4S. The lowest BCUT2D eigenvalue weighted by Gasteiger charge is -2.40. The Morgan fingerprint density at radius 2 is 2.00 bits per heavy atom. The molecule has 23 heavy (non-hydrogen) atoms. The first-order valence-electron chi connectivity index (χ1n) is 7.42. The molecule has 130 valence electrons. The predicted octanol–water partition coefficient (Wildman–Crippen LogP) is 1.74. The first-order chi connectivity index (χ1) is 10.8. The van der Waals surface area contributed by atoms with E-state index in [4.69, 9.17) is 21.1 Å². The van der Waals surface area contributed by atoms with Crippen molar-refractivity contribution in [3.63, 3.8) is 0 Å². The van der Waals surface area contributed by atoms with E-state index in [1.54, 1.807) is 6.07 Å². The summed E-state index contributed by atoms with van der Waals surface area (Å²) in [6.07, 6.45) is 0. The highest BCUT2D eigenvalue weighted by atomic mass is 35.5. The second-order valence-corrected chi connectivity index (χ2v) is 8.21. The fraction of sp³-hybridized carbons (Fsp3) is 0.600. The molecule has 8 heteroatoms. The zero-order chi connectivity index (χ0) is 17.1. The number of morpholine rings is 1. The first-order valence-corrected chi connectivity index (χ1v) is 9.28. The largest absolute Gasteiger partial charge is 0.495 e. The minimum atomic E-state index is -3.63. The van der Waals surface area contributed by atoms with Crippen LogP contribution in [0.1, 0.15) is 13.8 Å². The van der Waals surface area contributed by atoms with E-state index in [1.165, 1.54) is 19.2 Å². The summed E-state index contributed by atoms with van der Waals surface area (Å²) < 4.78 is 38.0. The topological polar surface area (TPSA) is 67.9 Å². The summed E-state index contributed by atoms with van der Waals surface area (Å²) in [5.74, 6) is 0.444. The van der Waals surface area contributed by atoms with E-state index in [2.05, 4.69) is 9.62 Å². The van der Waals surface area contributed by atoms with Gasteiger partial charge in [0.15, 0.2) is 0 Å². The molecule has 1 saturated heterocycles. The molecule has 2 rings (SSSR count). The molecule has 1 aliphatic heterocycles. The van der Waals surface area contributed by atoms with Crippen LogP contribution in [0.5, 0.6) is 5.75 Å². The Morgan fingerprint density at radius 3 is 2.57 bits per heavy atom. The highest BCUT2D eigenvalue weighted by Gasteiger charge is 2.30. The van der Waals surface area contributed by atoms with Gasteiger partial charge in [-0.2, -0.15) is 0 Å². The van der Waals surface area contributed by atoms with Gasteiger partial charge in [0, 0.05) is 25.2 Å². The molecule has 0 radical (unpaired) electrons. The summed E-state index contributed by atoms with van der Waals surface area (Å²) in [6.45, 7) is 7.27. The molecule has 1 aromatic rings. The van der Waals surface area contributed by atoms with Gasteiger partial charge in [-0.1, -0.05) is 11.6 Å². The van der Waals surface area contributed by atoms with Gasteiger partial charge in [0.2, 0.25) is 10.0 Å². The lowest BCUT2D eigenvalue weighted by molar-refractivity contribution is -0.00803. The van der Waals surface area contributed by atoms with Crippen LogP contribution >= 0.6 is 11.6 Å². The third-order valence-corrected chi connectivity index (χ3v) is 5.69. The molecule has 1 heterocycles. The number of methoxy groups -OCH3 is 1. The van der Waals surface area contributed by atoms with Gasteiger partial charge in [-0.15, -0.1) is 0 Å². The third-order valence-electron chi connectivity index (χ3n) is 4.00. The van der Waals surface area contributed by atoms with Crippen LogP contribution in [0.3, 0.4) is 0 Å². The van der Waals surface area contributed by atoms with E-state index in [0.717, 1.165) is 13.1 Å². The number of benzene rings is 1. The molecule has 0 aromatic heterocycles. The van der Waals surface area contributed by atoms with Gasteiger partial charge in [0.1, 0.15) is 5.75 Å². The fourth-order valence-electron chi connectivity index (χ4n) is 2.45. The maximum absolute atomic E-state index is 12.5. The van der Waals surface area contributed by atoms with Crippen molar-refractivity contribution in [3.05, 3.63) is 23.2 Å². The van der Waals surface area contributed by atoms with Crippen molar-refractivity contribution in [2.75, 3.05) is 40.0 Å². The van der Waals surface area contributed by atoms with E-state index in [9.17, 15) is 8.42 Å². The van der Waals surface area contributed by atoms with E-state index < -0.39 is 10.0 Å². The second-order valence-electron chi connectivity index (χ2n) is 6.03. The van der Waals surface area contributed by atoms with E-state index in [1.807, 2.05) is 13.8 Å². The van der Waals surface area contributed by atoms with Gasteiger partial charge < -0.3 is 9.47 Å². The SMILES string of the molecule is COc1ccc(S(=O)(=O)NCC(C)(C)N2CCOCC2)cc1Cl. The molecule has 0 bridgehead atoms. The summed E-state index contributed by atoms with van der Waals surface area (Å²) in [7, 11) is -2.14. The van der Waals surface area contributed by atoms with Gasteiger partial charge in [-0.05, 0) is 32.0 Å². The highest BCUT2D eigenvalue weighted by molar-refractivity contribution is 7.89. The van der Waals surface area contributed by atoms with Gasteiger partial charge in [0.25, 0.3) is 0 Å². The van der Waals surface area contributed by atoms with Crippen LogP contribution in [0.15, 0.2) is 23.1 Å². The first kappa shape index (κ1) is 18.5. The van der Waals surface area contributed by atoms with E-state index >= 15 is 0 Å². The highest BCUT2D eigenvalue weighted by Crippen LogP contribution is 2.27. The summed E-state index contributed by atoms with van der Waals surface area (Å²) >= 11 is 6.01. The van der Waals surface area contributed by atoms with Crippen molar-refractivity contribution in [2.45, 2.75) is 24.3 Å². The van der Waals surface area contributed by atoms with Crippen molar-refractivity contribution in [1.29, 1.82) is 0 Å². The Kier molecular flexibility index (Phi) is 5.91. The number of hydrogen-bond donors (Lipinski definition) is 1. The summed E-state index contributed by atoms with van der Waals surface area (Å²) in [6, 6.07) is 4.42. The van der Waals surface area contributed by atoms with Gasteiger partial charge in [0.05, 0.1) is 30.2 Å². The number of hydrogen-bond acceptors (Lipinski definition) is 5. The Labute approximate surface area is 142 Å². The molecule has 0 saturated carbocycles. The monoisotopic (exact) mass is 362 g/mol. The Balaban J connectivity index is 2.07. The molecule has 6 nitrogen and oxygen atoms in total. The lowest BCUT2D eigenvalue weighted by Crippen LogP contribution is -2.55. The van der Waals surface area contributed by atoms with Crippen LogP contribution in [0, 0.1) is 0 Å². The number of nitrogens with one attached hydrogen (secondary N) is 1. The lowest BCUT2D eigenvalue weighted by atomic mass is 10.0. The van der Waals surface area contributed by atoms with Crippen LogP contribution in [-0.2, 0) is 14.8 Å². The molecule has 1 N–H and O–H groups in total. The molecular weight excluding hydrogens is 340 g/mol. The maximum atomic E-state index is 12.5. The molecule has 0 amide bonds. The average molecular weight is 363 g/mol. The quantitative estimate of drug-likeness (QED) is 0.834. The Hall–Kier alpha value is -0.860. The van der Waals surface area contributed by atoms with Crippen molar-refractivity contribution in [1.82, 2.24) is 9.62 Å². The molecule has 0 unspecified atom stereocenters. The fourth-order valence-corrected chi connectivity index (χ4v) is 4.00. The summed E-state index contributed by atoms with van der Waals surface area (Å²) in [4.78, 5) is 2.35. The minimum absolute atomic E-state index is 0.126. The Bertz CT molecular complexity index is 643. The van der Waals surface area contributed by atoms with Crippen molar-refractivity contribution < 1.29 is 17.9 Å². The zero-order valence-corrected chi connectivity index (χ0v) is 15.2. The van der Waals surface area contributed by atoms with E-state index in [0.29, 0.717) is 25.5 Å². The standard InChI is InChI=1S/C15H23ClN2O4S/c1-15(2,18-6-8-22-9-7-18)11-17-23(19,20)12-4-5-14(21-3)13(16)10-12/h4-5,10,17H,6-9,11H2,1-3H3. The van der Waals surface area contributed by atoms with Gasteiger partial charge in [-0.25, -0.2) is 13.1 Å². The molecule has 1 aromatic carbocycles. The minimum Gasteiger partial charge on any atom is -0.495 e. The smallest absolute Gasteiger partial charge is 0.240 e. The summed E-state index contributed by atoms with van der Waals surface area (Å²) in [5.41, 5.74) is -0.298. The normalized spacial score (nSPS) is 17.2. The van der Waals surface area contributed by atoms with E-state index in [-0.39, 0.29) is 15.5 Å². The predicted molar refractivity (Wildman–Crippen MR) is 89.7 cm³/mol. The summed E-state index contributed by atoms with van der Waals surface area (Å²) in [5, 5.41) is 0.266. The number of nitrogens with zero attached hydrogens (tertiary/aromatic N) is 1. The van der Waals surface area contributed by atoms with Gasteiger partial charge in [-0.3, -0.25) is 4.90 Å². The van der Waals surface area contributed by atoms with Crippen LogP contribution in [-0.4, -0.2) is 58.8 Å². The van der Waals surface area contributed by atoms with Crippen LogP contribution in [0.4, 0.5) is 0 Å². The second kappa shape index (κ2) is 7.36.